The predicted octanol–water partition coefficient (Wildman–Crippen LogP) is 3.40. The van der Waals surface area contributed by atoms with Crippen molar-refractivity contribution in [3.8, 4) is 0 Å². The van der Waals surface area contributed by atoms with Crippen LogP contribution in [-0.4, -0.2) is 17.2 Å². The van der Waals surface area contributed by atoms with Gasteiger partial charge in [-0.25, -0.2) is 4.79 Å². The van der Waals surface area contributed by atoms with Gasteiger partial charge < -0.3 is 9.84 Å². The van der Waals surface area contributed by atoms with Crippen LogP contribution < -0.4 is 0 Å². The molecule has 2 fully saturated rings. The zero-order chi connectivity index (χ0) is 14.8. The van der Waals surface area contributed by atoms with Crippen molar-refractivity contribution in [2.24, 2.45) is 11.8 Å². The monoisotopic (exact) mass is 286 g/mol. The van der Waals surface area contributed by atoms with E-state index < -0.39 is 12.1 Å². The Morgan fingerprint density at radius 2 is 1.95 bits per heavy atom. The first-order chi connectivity index (χ1) is 10.2. The summed E-state index contributed by atoms with van der Waals surface area (Å²) in [7, 11) is 0. The number of esters is 1. The summed E-state index contributed by atoms with van der Waals surface area (Å²) < 4.78 is 5.62. The molecule has 2 aliphatic rings. The molecule has 0 saturated heterocycles. The standard InChI is InChI=1S/C18H22O3/c1-12-11-16(15-10-6-5-9-14(12)15)21-18(20)17(19)13-7-3-2-4-8-13/h2-4,7-8,14-17,19H,1,5-6,9-11H2/t14-,15-,16-,17-/m0/s1. The molecule has 3 heteroatoms. The second-order valence-electron chi connectivity index (χ2n) is 6.21. The molecule has 1 aromatic rings. The van der Waals surface area contributed by atoms with Crippen molar-refractivity contribution in [2.75, 3.05) is 0 Å². The maximum absolute atomic E-state index is 12.2. The van der Waals surface area contributed by atoms with E-state index in [1.165, 1.54) is 24.8 Å². The van der Waals surface area contributed by atoms with Crippen LogP contribution in [0.1, 0.15) is 43.8 Å². The van der Waals surface area contributed by atoms with Crippen molar-refractivity contribution in [2.45, 2.75) is 44.3 Å². The second-order valence-corrected chi connectivity index (χ2v) is 6.21. The van der Waals surface area contributed by atoms with Gasteiger partial charge in [0, 0.05) is 12.3 Å². The minimum absolute atomic E-state index is 0.103. The van der Waals surface area contributed by atoms with Crippen LogP contribution in [0.2, 0.25) is 0 Å². The number of aliphatic hydroxyl groups is 1. The predicted molar refractivity (Wildman–Crippen MR) is 80.5 cm³/mol. The molecule has 0 aliphatic heterocycles. The van der Waals surface area contributed by atoms with Crippen LogP contribution in [0.5, 0.6) is 0 Å². The first kappa shape index (κ1) is 14.3. The molecule has 1 aromatic carbocycles. The van der Waals surface area contributed by atoms with Crippen molar-refractivity contribution < 1.29 is 14.6 Å². The third-order valence-electron chi connectivity index (χ3n) is 4.89. The summed E-state index contributed by atoms with van der Waals surface area (Å²) in [5.74, 6) is 0.369. The molecule has 0 spiro atoms. The summed E-state index contributed by atoms with van der Waals surface area (Å²) in [5, 5.41) is 10.1. The van der Waals surface area contributed by atoms with E-state index in [9.17, 15) is 9.90 Å². The van der Waals surface area contributed by atoms with Crippen molar-refractivity contribution in [1.82, 2.24) is 0 Å². The van der Waals surface area contributed by atoms with Crippen LogP contribution in [0.15, 0.2) is 42.5 Å². The van der Waals surface area contributed by atoms with Crippen LogP contribution >= 0.6 is 0 Å². The number of aliphatic hydroxyl groups excluding tert-OH is 1. The fourth-order valence-electron chi connectivity index (χ4n) is 3.79. The second kappa shape index (κ2) is 6.02. The van der Waals surface area contributed by atoms with Gasteiger partial charge in [0.25, 0.3) is 0 Å². The van der Waals surface area contributed by atoms with E-state index in [0.29, 0.717) is 17.4 Å². The summed E-state index contributed by atoms with van der Waals surface area (Å²) in [4.78, 5) is 12.2. The maximum atomic E-state index is 12.2. The minimum Gasteiger partial charge on any atom is -0.460 e. The Kier molecular flexibility index (Phi) is 4.11. The van der Waals surface area contributed by atoms with Gasteiger partial charge in [0.1, 0.15) is 6.10 Å². The molecule has 3 nitrogen and oxygen atoms in total. The molecule has 21 heavy (non-hydrogen) atoms. The lowest BCUT2D eigenvalue weighted by molar-refractivity contribution is -0.162. The Balaban J connectivity index is 1.66. The van der Waals surface area contributed by atoms with Gasteiger partial charge in [0.2, 0.25) is 0 Å². The fourth-order valence-corrected chi connectivity index (χ4v) is 3.79. The van der Waals surface area contributed by atoms with E-state index in [1.54, 1.807) is 24.3 Å². The molecule has 2 saturated carbocycles. The van der Waals surface area contributed by atoms with Gasteiger partial charge >= 0.3 is 5.97 Å². The highest BCUT2D eigenvalue weighted by Gasteiger charge is 2.42. The average molecular weight is 286 g/mol. The van der Waals surface area contributed by atoms with Gasteiger partial charge in [0.05, 0.1) is 0 Å². The van der Waals surface area contributed by atoms with Gasteiger partial charge in [-0.05, 0) is 24.3 Å². The van der Waals surface area contributed by atoms with Crippen LogP contribution in [0, 0.1) is 11.8 Å². The molecule has 0 aromatic heterocycles. The first-order valence-electron chi connectivity index (χ1n) is 7.78. The zero-order valence-electron chi connectivity index (χ0n) is 12.2. The van der Waals surface area contributed by atoms with Gasteiger partial charge in [-0.15, -0.1) is 0 Å². The maximum Gasteiger partial charge on any atom is 0.339 e. The Morgan fingerprint density at radius 1 is 1.24 bits per heavy atom. The van der Waals surface area contributed by atoms with Crippen LogP contribution in [0.4, 0.5) is 0 Å². The van der Waals surface area contributed by atoms with Crippen LogP contribution in [0.3, 0.4) is 0 Å². The number of hydrogen-bond donors (Lipinski definition) is 1. The summed E-state index contributed by atoms with van der Waals surface area (Å²) in [6.45, 7) is 4.15. The number of hydrogen-bond acceptors (Lipinski definition) is 3. The third kappa shape index (κ3) is 2.88. The average Bonchev–Trinajstić information content (AvgIpc) is 2.84. The highest BCUT2D eigenvalue weighted by atomic mass is 16.6. The van der Waals surface area contributed by atoms with Crippen LogP contribution in [0.25, 0.3) is 0 Å². The van der Waals surface area contributed by atoms with Crippen LogP contribution in [-0.2, 0) is 9.53 Å². The lowest BCUT2D eigenvalue weighted by Gasteiger charge is -2.29. The Bertz CT molecular complexity index is 523. The third-order valence-corrected chi connectivity index (χ3v) is 4.89. The lowest BCUT2D eigenvalue weighted by atomic mass is 9.80. The molecular formula is C18H22O3. The number of rotatable bonds is 3. The Labute approximate surface area is 125 Å². The van der Waals surface area contributed by atoms with Crippen molar-refractivity contribution in [3.63, 3.8) is 0 Å². The Hall–Kier alpha value is -1.61. The van der Waals surface area contributed by atoms with E-state index in [4.69, 9.17) is 4.74 Å². The fraction of sp³-hybridized carbons (Fsp3) is 0.500. The van der Waals surface area contributed by atoms with E-state index in [1.807, 2.05) is 6.07 Å². The number of ether oxygens (including phenoxy) is 1. The Morgan fingerprint density at radius 3 is 2.71 bits per heavy atom. The van der Waals surface area contributed by atoms with Gasteiger partial charge in [-0.3, -0.25) is 0 Å². The smallest absolute Gasteiger partial charge is 0.339 e. The molecule has 0 radical (unpaired) electrons. The van der Waals surface area contributed by atoms with Gasteiger partial charge in [0.15, 0.2) is 6.10 Å². The molecular weight excluding hydrogens is 264 g/mol. The topological polar surface area (TPSA) is 46.5 Å². The molecule has 0 bridgehead atoms. The van der Waals surface area contributed by atoms with E-state index in [0.717, 1.165) is 12.8 Å². The lowest BCUT2D eigenvalue weighted by Crippen LogP contribution is -2.29. The molecule has 0 amide bonds. The molecule has 3 rings (SSSR count). The SMILES string of the molecule is C=C1C[C@H](OC(=O)[C@@H](O)c2ccccc2)[C@H]2CCCC[C@@H]12. The normalized spacial score (nSPS) is 29.8. The summed E-state index contributed by atoms with van der Waals surface area (Å²) in [5.41, 5.74) is 1.80. The van der Waals surface area contributed by atoms with E-state index in [-0.39, 0.29) is 6.10 Å². The van der Waals surface area contributed by atoms with Crippen molar-refractivity contribution >= 4 is 5.97 Å². The zero-order valence-corrected chi connectivity index (χ0v) is 12.2. The van der Waals surface area contributed by atoms with E-state index >= 15 is 0 Å². The molecule has 1 N–H and O–H groups in total. The first-order valence-corrected chi connectivity index (χ1v) is 7.78. The summed E-state index contributed by atoms with van der Waals surface area (Å²) in [6.07, 6.45) is 4.16. The highest BCUT2D eigenvalue weighted by molar-refractivity contribution is 5.76. The molecule has 0 heterocycles. The number of fused-ring (bicyclic) bond motifs is 1. The molecule has 4 atom stereocenters. The van der Waals surface area contributed by atoms with Gasteiger partial charge in [-0.2, -0.15) is 0 Å². The van der Waals surface area contributed by atoms with E-state index in [2.05, 4.69) is 6.58 Å². The minimum atomic E-state index is -1.19. The molecule has 2 aliphatic carbocycles. The highest BCUT2D eigenvalue weighted by Crippen LogP contribution is 2.46. The number of carbonyl (C=O) groups is 1. The molecule has 112 valence electrons. The van der Waals surface area contributed by atoms with Gasteiger partial charge in [-0.1, -0.05) is 55.3 Å². The molecule has 0 unspecified atom stereocenters. The summed E-state index contributed by atoms with van der Waals surface area (Å²) >= 11 is 0. The summed E-state index contributed by atoms with van der Waals surface area (Å²) in [6, 6.07) is 8.95. The number of benzene rings is 1. The quantitative estimate of drug-likeness (QED) is 0.684. The van der Waals surface area contributed by atoms with Crippen molar-refractivity contribution in [1.29, 1.82) is 0 Å². The largest absolute Gasteiger partial charge is 0.460 e. The van der Waals surface area contributed by atoms with Crippen molar-refractivity contribution in [3.05, 3.63) is 48.0 Å². The number of carbonyl (C=O) groups excluding carboxylic acids is 1.